The van der Waals surface area contributed by atoms with Gasteiger partial charge >= 0.3 is 0 Å². The molecule has 0 fully saturated rings. The molecule has 94 valence electrons. The summed E-state index contributed by atoms with van der Waals surface area (Å²) in [7, 11) is 0. The van der Waals surface area contributed by atoms with E-state index in [-0.39, 0.29) is 24.9 Å². The number of hydrogen-bond donors (Lipinski definition) is 0. The van der Waals surface area contributed by atoms with Crippen molar-refractivity contribution < 1.29 is 14.3 Å². The highest BCUT2D eigenvalue weighted by atomic mass is 16.7. The van der Waals surface area contributed by atoms with Gasteiger partial charge in [-0.2, -0.15) is 5.26 Å². The summed E-state index contributed by atoms with van der Waals surface area (Å²) in [5.41, 5.74) is 0.516. The Bertz CT molecular complexity index is 685. The molecule has 2 aromatic rings. The number of ketones is 1. The van der Waals surface area contributed by atoms with Crippen LogP contribution in [0.2, 0.25) is 0 Å². The summed E-state index contributed by atoms with van der Waals surface area (Å²) in [4.78, 5) is 16.0. The minimum atomic E-state index is -0.118. The lowest BCUT2D eigenvalue weighted by atomic mass is 10.1. The Kier molecular flexibility index (Phi) is 2.65. The van der Waals surface area contributed by atoms with Gasteiger partial charge in [-0.15, -0.1) is 0 Å². The van der Waals surface area contributed by atoms with Crippen LogP contribution in [0.3, 0.4) is 0 Å². The number of hydrogen-bond acceptors (Lipinski definition) is 5. The summed E-state index contributed by atoms with van der Waals surface area (Å²) in [6.45, 7) is 0.246. The quantitative estimate of drug-likeness (QED) is 0.774. The number of fused-ring (bicyclic) bond motifs is 1. The Morgan fingerprint density at radius 1 is 1.42 bits per heavy atom. The molecule has 1 aromatic heterocycles. The van der Waals surface area contributed by atoms with Gasteiger partial charge in [-0.1, -0.05) is 0 Å². The van der Waals surface area contributed by atoms with Crippen LogP contribution >= 0.6 is 0 Å². The first-order valence-corrected chi connectivity index (χ1v) is 5.62. The van der Waals surface area contributed by atoms with Crippen LogP contribution in [0.4, 0.5) is 0 Å². The molecule has 6 heteroatoms. The predicted molar refractivity (Wildman–Crippen MR) is 63.8 cm³/mol. The minimum absolute atomic E-state index is 0.0720. The molecule has 1 aliphatic rings. The predicted octanol–water partition coefficient (Wildman–Crippen LogP) is 1.37. The molecule has 0 radical (unpaired) electrons. The van der Waals surface area contributed by atoms with Crippen LogP contribution in [0.15, 0.2) is 30.6 Å². The van der Waals surface area contributed by atoms with E-state index in [2.05, 4.69) is 4.98 Å². The number of carbonyl (C=O) groups excluding carboxylic acids is 1. The van der Waals surface area contributed by atoms with Crippen molar-refractivity contribution in [1.29, 1.82) is 5.26 Å². The first-order valence-electron chi connectivity index (χ1n) is 5.62. The maximum Gasteiger partial charge on any atom is 0.231 e. The van der Waals surface area contributed by atoms with E-state index in [1.54, 1.807) is 24.4 Å². The van der Waals surface area contributed by atoms with Gasteiger partial charge in [0.15, 0.2) is 17.3 Å². The van der Waals surface area contributed by atoms with E-state index in [4.69, 9.17) is 14.7 Å². The highest BCUT2D eigenvalue weighted by molar-refractivity contribution is 5.96. The zero-order valence-corrected chi connectivity index (χ0v) is 9.87. The number of nitrogens with zero attached hydrogens (tertiary/aromatic N) is 3. The summed E-state index contributed by atoms with van der Waals surface area (Å²) >= 11 is 0. The summed E-state index contributed by atoms with van der Waals surface area (Å²) < 4.78 is 11.9. The van der Waals surface area contributed by atoms with Crippen LogP contribution in [0.1, 0.15) is 16.2 Å². The van der Waals surface area contributed by atoms with E-state index in [9.17, 15) is 4.79 Å². The third-order valence-electron chi connectivity index (χ3n) is 2.82. The second kappa shape index (κ2) is 4.46. The van der Waals surface area contributed by atoms with Crippen molar-refractivity contribution in [3.8, 4) is 17.6 Å². The molecule has 0 amide bonds. The molecule has 2 heterocycles. The van der Waals surface area contributed by atoms with Gasteiger partial charge in [0.25, 0.3) is 0 Å². The lowest BCUT2D eigenvalue weighted by Gasteiger charge is -2.04. The molecular weight excluding hydrogens is 246 g/mol. The number of nitriles is 1. The molecule has 1 aliphatic heterocycles. The second-order valence-corrected chi connectivity index (χ2v) is 3.98. The van der Waals surface area contributed by atoms with E-state index in [1.165, 1.54) is 10.8 Å². The normalized spacial score (nSPS) is 12.2. The van der Waals surface area contributed by atoms with Crippen LogP contribution < -0.4 is 9.47 Å². The third-order valence-corrected chi connectivity index (χ3v) is 2.82. The molecule has 3 rings (SSSR count). The van der Waals surface area contributed by atoms with Crippen molar-refractivity contribution in [1.82, 2.24) is 9.55 Å². The lowest BCUT2D eigenvalue weighted by Crippen LogP contribution is -2.11. The van der Waals surface area contributed by atoms with Crippen LogP contribution in [-0.4, -0.2) is 22.1 Å². The maximum absolute atomic E-state index is 12.1. The topological polar surface area (TPSA) is 77.1 Å². The zero-order valence-electron chi connectivity index (χ0n) is 9.87. The third kappa shape index (κ3) is 2.02. The Morgan fingerprint density at radius 2 is 2.26 bits per heavy atom. The highest BCUT2D eigenvalue weighted by Gasteiger charge is 2.17. The monoisotopic (exact) mass is 255 g/mol. The molecule has 0 unspecified atom stereocenters. The van der Waals surface area contributed by atoms with E-state index >= 15 is 0 Å². The molecule has 0 saturated heterocycles. The smallest absolute Gasteiger partial charge is 0.231 e. The lowest BCUT2D eigenvalue weighted by molar-refractivity contribution is 0.0971. The summed E-state index contributed by atoms with van der Waals surface area (Å²) in [6.07, 6.45) is 3.09. The molecule has 0 spiro atoms. The Labute approximate surface area is 108 Å². The first kappa shape index (κ1) is 11.3. The number of rotatable bonds is 3. The Morgan fingerprint density at radius 3 is 3.11 bits per heavy atom. The Balaban J connectivity index is 1.83. The van der Waals surface area contributed by atoms with Crippen molar-refractivity contribution >= 4 is 5.78 Å². The largest absolute Gasteiger partial charge is 0.454 e. The number of imidazole rings is 1. The molecule has 19 heavy (non-hydrogen) atoms. The molecule has 0 atom stereocenters. The Hall–Kier alpha value is -2.81. The molecule has 0 N–H and O–H groups in total. The summed E-state index contributed by atoms with van der Waals surface area (Å²) in [5, 5.41) is 8.84. The van der Waals surface area contributed by atoms with Gasteiger partial charge in [0.1, 0.15) is 6.07 Å². The number of aromatic nitrogens is 2. The molecule has 1 aromatic carbocycles. The van der Waals surface area contributed by atoms with Crippen molar-refractivity contribution in [3.05, 3.63) is 42.0 Å². The van der Waals surface area contributed by atoms with Crippen molar-refractivity contribution in [2.75, 3.05) is 6.79 Å². The van der Waals surface area contributed by atoms with Gasteiger partial charge in [0.05, 0.1) is 6.54 Å². The van der Waals surface area contributed by atoms with E-state index in [0.717, 1.165) is 0 Å². The van der Waals surface area contributed by atoms with E-state index < -0.39 is 0 Å². The van der Waals surface area contributed by atoms with Crippen LogP contribution in [0, 0.1) is 11.3 Å². The minimum Gasteiger partial charge on any atom is -0.454 e. The van der Waals surface area contributed by atoms with Crippen molar-refractivity contribution in [2.45, 2.75) is 6.54 Å². The number of benzene rings is 1. The standard InChI is InChI=1S/C13H9N3O3/c14-6-13-15-3-4-16(13)7-10(17)9-1-2-11-12(5-9)19-8-18-11/h1-5H,7-8H2. The maximum atomic E-state index is 12.1. The van der Waals surface area contributed by atoms with Gasteiger partial charge in [0, 0.05) is 18.0 Å². The zero-order chi connectivity index (χ0) is 13.2. The van der Waals surface area contributed by atoms with Gasteiger partial charge < -0.3 is 14.0 Å². The number of Topliss-reactive ketones (excluding diaryl/α,β-unsaturated/α-hetero) is 1. The highest BCUT2D eigenvalue weighted by Crippen LogP contribution is 2.32. The molecule has 0 bridgehead atoms. The van der Waals surface area contributed by atoms with Crippen molar-refractivity contribution in [3.63, 3.8) is 0 Å². The van der Waals surface area contributed by atoms with Gasteiger partial charge in [-0.05, 0) is 18.2 Å². The molecule has 0 aliphatic carbocycles. The van der Waals surface area contributed by atoms with Crippen molar-refractivity contribution in [2.24, 2.45) is 0 Å². The fraction of sp³-hybridized carbons (Fsp3) is 0.154. The molecule has 0 saturated carbocycles. The average molecular weight is 255 g/mol. The van der Waals surface area contributed by atoms with Crippen LogP contribution in [-0.2, 0) is 6.54 Å². The van der Waals surface area contributed by atoms with Gasteiger partial charge in [0.2, 0.25) is 12.6 Å². The fourth-order valence-corrected chi connectivity index (χ4v) is 1.87. The first-order chi connectivity index (χ1) is 9.28. The second-order valence-electron chi connectivity index (χ2n) is 3.98. The van der Waals surface area contributed by atoms with E-state index in [0.29, 0.717) is 17.1 Å². The van der Waals surface area contributed by atoms with E-state index in [1.807, 2.05) is 6.07 Å². The van der Waals surface area contributed by atoms with Crippen LogP contribution in [0.5, 0.6) is 11.5 Å². The SMILES string of the molecule is N#Cc1nccn1CC(=O)c1ccc2c(c1)OCO2. The molecule has 6 nitrogen and oxygen atoms in total. The number of ether oxygens (including phenoxy) is 2. The van der Waals surface area contributed by atoms with Crippen LogP contribution in [0.25, 0.3) is 0 Å². The fourth-order valence-electron chi connectivity index (χ4n) is 1.87. The average Bonchev–Trinajstić information content (AvgIpc) is 3.05. The summed E-state index contributed by atoms with van der Waals surface area (Å²) in [5.74, 6) is 1.30. The number of carbonyl (C=O) groups is 1. The molecular formula is C13H9N3O3. The van der Waals surface area contributed by atoms with Gasteiger partial charge in [-0.3, -0.25) is 4.79 Å². The summed E-state index contributed by atoms with van der Waals surface area (Å²) in [6, 6.07) is 6.96. The van der Waals surface area contributed by atoms with Gasteiger partial charge in [-0.25, -0.2) is 4.98 Å².